The van der Waals surface area contributed by atoms with Crippen molar-refractivity contribution in [2.75, 3.05) is 0 Å². The molecule has 0 N–H and O–H groups in total. The van der Waals surface area contributed by atoms with Crippen LogP contribution in [0.25, 0.3) is 11.1 Å². The molecule has 1 saturated carbocycles. The van der Waals surface area contributed by atoms with Crippen LogP contribution in [-0.2, 0) is 22.8 Å². The molecule has 0 aromatic heterocycles. The maximum Gasteiger partial charge on any atom is 0.310 e. The molecule has 2 atom stereocenters. The van der Waals surface area contributed by atoms with Crippen LogP contribution in [-0.4, -0.2) is 5.97 Å². The molecule has 1 aliphatic carbocycles. The van der Waals surface area contributed by atoms with Gasteiger partial charge in [0.25, 0.3) is 0 Å². The highest BCUT2D eigenvalue weighted by molar-refractivity contribution is 9.28. The molecule has 2 nitrogen and oxygen atoms in total. The van der Waals surface area contributed by atoms with E-state index in [0.29, 0.717) is 16.1 Å². The molecule has 0 bridgehead atoms. The second-order valence-corrected chi connectivity index (χ2v) is 10.7. The van der Waals surface area contributed by atoms with Crippen LogP contribution in [0.1, 0.15) is 25.0 Å². The SMILES string of the molecule is CC1(C)C(C=C(Br)Br)C1C(=O)OCc1cccc(-c2ccc(Cl)cc2)c1CF. The van der Waals surface area contributed by atoms with Crippen LogP contribution in [0.4, 0.5) is 4.39 Å². The highest BCUT2D eigenvalue weighted by atomic mass is 79.9. The van der Waals surface area contributed by atoms with Gasteiger partial charge < -0.3 is 4.74 Å². The fourth-order valence-corrected chi connectivity index (χ4v) is 4.34. The van der Waals surface area contributed by atoms with Gasteiger partial charge in [0.1, 0.15) is 13.3 Å². The first kappa shape index (κ1) is 21.5. The topological polar surface area (TPSA) is 26.3 Å². The van der Waals surface area contributed by atoms with Crippen LogP contribution in [0.15, 0.2) is 51.9 Å². The zero-order valence-electron chi connectivity index (χ0n) is 15.5. The van der Waals surface area contributed by atoms with Crippen molar-refractivity contribution in [1.82, 2.24) is 0 Å². The summed E-state index contributed by atoms with van der Waals surface area (Å²) in [5.74, 6) is -0.352. The van der Waals surface area contributed by atoms with E-state index in [-0.39, 0.29) is 29.8 Å². The van der Waals surface area contributed by atoms with E-state index < -0.39 is 6.67 Å². The van der Waals surface area contributed by atoms with Crippen molar-refractivity contribution >= 4 is 49.4 Å². The third-order valence-corrected chi connectivity index (χ3v) is 6.18. The summed E-state index contributed by atoms with van der Waals surface area (Å²) in [6, 6.07) is 12.8. The Morgan fingerprint density at radius 3 is 2.50 bits per heavy atom. The van der Waals surface area contributed by atoms with E-state index in [1.807, 2.05) is 44.2 Å². The Labute approximate surface area is 186 Å². The minimum absolute atomic E-state index is 0.0536. The van der Waals surface area contributed by atoms with Crippen LogP contribution in [0.2, 0.25) is 5.02 Å². The number of hydrogen-bond acceptors (Lipinski definition) is 2. The molecule has 1 fully saturated rings. The van der Waals surface area contributed by atoms with Gasteiger partial charge in [-0.15, -0.1) is 0 Å². The fourth-order valence-electron chi connectivity index (χ4n) is 3.64. The van der Waals surface area contributed by atoms with Crippen molar-refractivity contribution in [3.05, 3.63) is 68.1 Å². The van der Waals surface area contributed by atoms with Gasteiger partial charge in [-0.05, 0) is 77.6 Å². The van der Waals surface area contributed by atoms with Crippen LogP contribution >= 0.6 is 43.5 Å². The predicted octanol–water partition coefficient (Wildman–Crippen LogP) is 7.42. The number of alkyl halides is 1. The molecule has 0 aliphatic heterocycles. The molecule has 1 aliphatic rings. The summed E-state index contributed by atoms with van der Waals surface area (Å²) in [5.41, 5.74) is 2.71. The van der Waals surface area contributed by atoms with Gasteiger partial charge >= 0.3 is 5.97 Å². The van der Waals surface area contributed by atoms with Crippen molar-refractivity contribution in [1.29, 1.82) is 0 Å². The first-order valence-corrected chi connectivity index (χ1v) is 10.8. The molecular weight excluding hydrogens is 510 g/mol. The van der Waals surface area contributed by atoms with Crippen molar-refractivity contribution in [2.24, 2.45) is 17.3 Å². The summed E-state index contributed by atoms with van der Waals surface area (Å²) < 4.78 is 20.2. The molecule has 28 heavy (non-hydrogen) atoms. The second-order valence-electron chi connectivity index (χ2n) is 7.47. The minimum Gasteiger partial charge on any atom is -0.461 e. The Bertz CT molecular complexity index is 905. The minimum atomic E-state index is -0.636. The van der Waals surface area contributed by atoms with Gasteiger partial charge in [0.15, 0.2) is 0 Å². The number of hydrogen-bond donors (Lipinski definition) is 0. The molecule has 0 amide bonds. The molecule has 2 aromatic carbocycles. The third-order valence-electron chi connectivity index (χ3n) is 5.40. The zero-order chi connectivity index (χ0) is 20.5. The lowest BCUT2D eigenvalue weighted by atomic mass is 9.96. The largest absolute Gasteiger partial charge is 0.461 e. The number of carbonyl (C=O) groups excluding carboxylic acids is 1. The number of ether oxygens (including phenoxy) is 1. The predicted molar refractivity (Wildman–Crippen MR) is 118 cm³/mol. The van der Waals surface area contributed by atoms with E-state index in [4.69, 9.17) is 16.3 Å². The molecular formula is C22H20Br2ClFO2. The molecule has 0 spiro atoms. The summed E-state index contributed by atoms with van der Waals surface area (Å²) in [5, 5.41) is 0.626. The lowest BCUT2D eigenvalue weighted by Crippen LogP contribution is -2.11. The molecule has 2 aromatic rings. The zero-order valence-corrected chi connectivity index (χ0v) is 19.4. The Morgan fingerprint density at radius 1 is 1.21 bits per heavy atom. The number of benzene rings is 2. The second kappa shape index (κ2) is 8.68. The van der Waals surface area contributed by atoms with Crippen molar-refractivity contribution in [2.45, 2.75) is 27.1 Å². The Hall–Kier alpha value is -1.17. The van der Waals surface area contributed by atoms with E-state index in [1.165, 1.54) is 0 Å². The van der Waals surface area contributed by atoms with Gasteiger partial charge in [-0.3, -0.25) is 4.79 Å². The average Bonchev–Trinajstić information content (AvgIpc) is 3.19. The van der Waals surface area contributed by atoms with Gasteiger partial charge in [0, 0.05) is 5.02 Å². The fraction of sp³-hybridized carbons (Fsp3) is 0.318. The highest BCUT2D eigenvalue weighted by Gasteiger charge is 2.61. The van der Waals surface area contributed by atoms with Crippen LogP contribution in [0, 0.1) is 17.3 Å². The summed E-state index contributed by atoms with van der Waals surface area (Å²) in [6.07, 6.45) is 1.97. The van der Waals surface area contributed by atoms with Gasteiger partial charge in [-0.1, -0.05) is 61.9 Å². The van der Waals surface area contributed by atoms with Crippen molar-refractivity contribution < 1.29 is 13.9 Å². The Kier molecular flexibility index (Phi) is 6.68. The summed E-state index contributed by atoms with van der Waals surface area (Å²) in [6.45, 7) is 3.49. The Balaban J connectivity index is 1.76. The lowest BCUT2D eigenvalue weighted by Gasteiger charge is -2.13. The van der Waals surface area contributed by atoms with E-state index in [9.17, 15) is 9.18 Å². The van der Waals surface area contributed by atoms with Gasteiger partial charge in [-0.2, -0.15) is 0 Å². The normalized spacial score (nSPS) is 19.8. The summed E-state index contributed by atoms with van der Waals surface area (Å²) >= 11 is 12.6. The molecule has 148 valence electrons. The molecule has 0 heterocycles. The molecule has 6 heteroatoms. The number of carbonyl (C=O) groups is 1. The van der Waals surface area contributed by atoms with E-state index in [1.54, 1.807) is 18.2 Å². The monoisotopic (exact) mass is 528 g/mol. The van der Waals surface area contributed by atoms with Gasteiger partial charge in [0.2, 0.25) is 0 Å². The van der Waals surface area contributed by atoms with E-state index >= 15 is 0 Å². The number of esters is 1. The van der Waals surface area contributed by atoms with Crippen LogP contribution in [0.5, 0.6) is 0 Å². The first-order valence-electron chi connectivity index (χ1n) is 8.87. The summed E-state index contributed by atoms with van der Waals surface area (Å²) in [7, 11) is 0. The Morgan fingerprint density at radius 2 is 1.89 bits per heavy atom. The standard InChI is InChI=1S/C22H20Br2ClFO2/c1-22(2)18(10-19(23)24)20(22)21(27)28-12-14-4-3-5-16(17(14)11-26)13-6-8-15(25)9-7-13/h3-10,18,20H,11-12H2,1-2H3. The molecule has 0 radical (unpaired) electrons. The average molecular weight is 531 g/mol. The van der Waals surface area contributed by atoms with Crippen molar-refractivity contribution in [3.8, 4) is 11.1 Å². The molecule has 2 unspecified atom stereocenters. The van der Waals surface area contributed by atoms with E-state index in [0.717, 1.165) is 14.5 Å². The first-order chi connectivity index (χ1) is 13.3. The number of allylic oxidation sites excluding steroid dienone is 1. The lowest BCUT2D eigenvalue weighted by molar-refractivity contribution is -0.147. The number of rotatable bonds is 6. The van der Waals surface area contributed by atoms with Gasteiger partial charge in [0.05, 0.1) is 9.31 Å². The molecule has 0 saturated heterocycles. The maximum atomic E-state index is 13.9. The third kappa shape index (κ3) is 4.52. The van der Waals surface area contributed by atoms with Crippen LogP contribution in [0.3, 0.4) is 0 Å². The highest BCUT2D eigenvalue weighted by Crippen LogP contribution is 2.60. The number of halogens is 4. The van der Waals surface area contributed by atoms with Gasteiger partial charge in [-0.25, -0.2) is 4.39 Å². The van der Waals surface area contributed by atoms with E-state index in [2.05, 4.69) is 31.9 Å². The maximum absolute atomic E-state index is 13.9. The summed E-state index contributed by atoms with van der Waals surface area (Å²) in [4.78, 5) is 12.6. The molecule has 3 rings (SSSR count). The smallest absolute Gasteiger partial charge is 0.310 e. The van der Waals surface area contributed by atoms with Crippen LogP contribution < -0.4 is 0 Å². The van der Waals surface area contributed by atoms with Crippen molar-refractivity contribution in [3.63, 3.8) is 0 Å². The quantitative estimate of drug-likeness (QED) is 0.363.